The van der Waals surface area contributed by atoms with E-state index >= 15 is 0 Å². The van der Waals surface area contributed by atoms with Crippen LogP contribution in [0.1, 0.15) is 42.7 Å². The molecule has 0 unspecified atom stereocenters. The van der Waals surface area contributed by atoms with Crippen LogP contribution in [-0.2, 0) is 6.42 Å². The molecule has 158 valence electrons. The second-order valence-corrected chi connectivity index (χ2v) is 9.38. The SMILES string of the molecule is CC(C)n1ncnc1-c1nc2c(s1)CCOc1cc(C3CN(CCCO)C3)ccc1-2. The van der Waals surface area contributed by atoms with E-state index in [-0.39, 0.29) is 12.6 Å². The first-order valence-corrected chi connectivity index (χ1v) is 11.5. The molecule has 7 nitrogen and oxygen atoms in total. The van der Waals surface area contributed by atoms with Gasteiger partial charge in [-0.05, 0) is 38.0 Å². The van der Waals surface area contributed by atoms with Gasteiger partial charge in [-0.1, -0.05) is 6.07 Å². The van der Waals surface area contributed by atoms with Crippen LogP contribution < -0.4 is 4.74 Å². The minimum Gasteiger partial charge on any atom is -0.492 e. The number of rotatable bonds is 6. The standard InChI is InChI=1S/C22H27N5O2S/c1-14(2)27-21(23-13-24-27)22-25-20-17-5-4-15(16-11-26(12-16)7-3-8-28)10-18(17)29-9-6-19(20)30-22/h4-5,10,13-14,16,28H,3,6-9,11-12H2,1-2H3. The number of aromatic nitrogens is 4. The monoisotopic (exact) mass is 425 g/mol. The number of nitrogens with zero attached hydrogens (tertiary/aromatic N) is 5. The zero-order valence-electron chi connectivity index (χ0n) is 17.4. The van der Waals surface area contributed by atoms with Crippen LogP contribution in [0.4, 0.5) is 0 Å². The number of hydrogen-bond donors (Lipinski definition) is 1. The van der Waals surface area contributed by atoms with Gasteiger partial charge in [0.2, 0.25) is 0 Å². The van der Waals surface area contributed by atoms with Crippen molar-refractivity contribution in [2.75, 3.05) is 32.8 Å². The van der Waals surface area contributed by atoms with Crippen molar-refractivity contribution < 1.29 is 9.84 Å². The van der Waals surface area contributed by atoms with Crippen LogP contribution in [0.25, 0.3) is 22.1 Å². The van der Waals surface area contributed by atoms with Gasteiger partial charge in [0.1, 0.15) is 12.1 Å². The lowest BCUT2D eigenvalue weighted by Gasteiger charge is -2.39. The maximum atomic E-state index is 9.00. The molecule has 8 heteroatoms. The fraction of sp³-hybridized carbons (Fsp3) is 0.500. The number of fused-ring (bicyclic) bond motifs is 3. The van der Waals surface area contributed by atoms with Gasteiger partial charge in [0, 0.05) is 55.1 Å². The maximum Gasteiger partial charge on any atom is 0.187 e. The molecule has 2 aliphatic heterocycles. The Kier molecular flexibility index (Phi) is 5.30. The van der Waals surface area contributed by atoms with Crippen molar-refractivity contribution in [3.63, 3.8) is 0 Å². The number of ether oxygens (including phenoxy) is 1. The predicted octanol–water partition coefficient (Wildman–Crippen LogP) is 3.37. The highest BCUT2D eigenvalue weighted by Crippen LogP contribution is 2.42. The molecule has 0 spiro atoms. The fourth-order valence-corrected chi connectivity index (χ4v) is 5.27. The summed E-state index contributed by atoms with van der Waals surface area (Å²) in [6, 6.07) is 6.83. The molecule has 1 aromatic carbocycles. The Morgan fingerprint density at radius 2 is 2.17 bits per heavy atom. The summed E-state index contributed by atoms with van der Waals surface area (Å²) < 4.78 is 8.05. The second-order valence-electron chi connectivity index (χ2n) is 8.30. The molecular weight excluding hydrogens is 398 g/mol. The topological polar surface area (TPSA) is 76.3 Å². The maximum absolute atomic E-state index is 9.00. The number of aliphatic hydroxyl groups is 1. The third-order valence-electron chi connectivity index (χ3n) is 5.86. The Labute approximate surface area is 180 Å². The largest absolute Gasteiger partial charge is 0.492 e. The van der Waals surface area contributed by atoms with E-state index in [1.165, 1.54) is 10.4 Å². The quantitative estimate of drug-likeness (QED) is 0.653. The van der Waals surface area contributed by atoms with E-state index in [0.717, 1.165) is 60.3 Å². The van der Waals surface area contributed by atoms with Gasteiger partial charge < -0.3 is 14.7 Å². The summed E-state index contributed by atoms with van der Waals surface area (Å²) >= 11 is 1.69. The summed E-state index contributed by atoms with van der Waals surface area (Å²) in [6.07, 6.45) is 3.30. The molecule has 4 heterocycles. The smallest absolute Gasteiger partial charge is 0.187 e. The Balaban J connectivity index is 1.42. The van der Waals surface area contributed by atoms with Crippen molar-refractivity contribution in [3.05, 3.63) is 35.0 Å². The summed E-state index contributed by atoms with van der Waals surface area (Å²) in [5.74, 6) is 2.30. The first-order valence-electron chi connectivity index (χ1n) is 10.6. The molecule has 1 saturated heterocycles. The highest BCUT2D eigenvalue weighted by atomic mass is 32.1. The fourth-order valence-electron chi connectivity index (χ4n) is 4.23. The number of benzene rings is 1. The third kappa shape index (κ3) is 3.53. The minimum atomic E-state index is 0.240. The van der Waals surface area contributed by atoms with Crippen LogP contribution in [0, 0.1) is 0 Å². The van der Waals surface area contributed by atoms with Crippen LogP contribution in [0.15, 0.2) is 24.5 Å². The zero-order chi connectivity index (χ0) is 20.7. The van der Waals surface area contributed by atoms with Gasteiger partial charge in [-0.2, -0.15) is 5.10 Å². The van der Waals surface area contributed by atoms with Gasteiger partial charge >= 0.3 is 0 Å². The molecule has 5 rings (SSSR count). The molecule has 0 saturated carbocycles. The molecule has 0 bridgehead atoms. The highest BCUT2D eigenvalue weighted by Gasteiger charge is 2.29. The molecule has 1 fully saturated rings. The summed E-state index contributed by atoms with van der Waals surface area (Å²) in [7, 11) is 0. The van der Waals surface area contributed by atoms with E-state index in [0.29, 0.717) is 12.5 Å². The molecule has 2 aliphatic rings. The van der Waals surface area contributed by atoms with Crippen LogP contribution in [-0.4, -0.2) is 62.6 Å². The lowest BCUT2D eigenvalue weighted by atomic mass is 9.90. The zero-order valence-corrected chi connectivity index (χ0v) is 18.2. The van der Waals surface area contributed by atoms with E-state index in [9.17, 15) is 0 Å². The first kappa shape index (κ1) is 19.7. The highest BCUT2D eigenvalue weighted by molar-refractivity contribution is 7.15. The van der Waals surface area contributed by atoms with Crippen molar-refractivity contribution in [2.45, 2.75) is 38.6 Å². The van der Waals surface area contributed by atoms with Crippen molar-refractivity contribution in [1.29, 1.82) is 0 Å². The molecule has 30 heavy (non-hydrogen) atoms. The Bertz CT molecular complexity index is 1040. The lowest BCUT2D eigenvalue weighted by molar-refractivity contribution is 0.134. The first-order chi connectivity index (χ1) is 14.6. The van der Waals surface area contributed by atoms with E-state index in [2.05, 4.69) is 47.0 Å². The van der Waals surface area contributed by atoms with E-state index in [4.69, 9.17) is 14.8 Å². The average Bonchev–Trinajstić information content (AvgIpc) is 3.31. The Morgan fingerprint density at radius 1 is 1.30 bits per heavy atom. The lowest BCUT2D eigenvalue weighted by Crippen LogP contribution is -2.45. The normalized spacial score (nSPS) is 16.7. The average molecular weight is 426 g/mol. The summed E-state index contributed by atoms with van der Waals surface area (Å²) in [4.78, 5) is 13.1. The van der Waals surface area contributed by atoms with Crippen molar-refractivity contribution in [3.8, 4) is 27.8 Å². The van der Waals surface area contributed by atoms with E-state index in [1.807, 2.05) is 4.68 Å². The van der Waals surface area contributed by atoms with Gasteiger partial charge in [-0.3, -0.25) is 0 Å². The minimum absolute atomic E-state index is 0.240. The summed E-state index contributed by atoms with van der Waals surface area (Å²) in [5, 5.41) is 14.3. The van der Waals surface area contributed by atoms with E-state index in [1.54, 1.807) is 17.7 Å². The molecule has 3 aromatic rings. The molecule has 0 radical (unpaired) electrons. The summed E-state index contributed by atoms with van der Waals surface area (Å²) in [6.45, 7) is 8.21. The molecule has 1 N–H and O–H groups in total. The molecular formula is C22H27N5O2S. The van der Waals surface area contributed by atoms with Crippen LogP contribution in [0.3, 0.4) is 0 Å². The van der Waals surface area contributed by atoms with Crippen LogP contribution in [0.5, 0.6) is 5.75 Å². The number of thiazole rings is 1. The van der Waals surface area contributed by atoms with Gasteiger partial charge in [0.15, 0.2) is 10.8 Å². The molecule has 2 aromatic heterocycles. The molecule has 0 atom stereocenters. The Morgan fingerprint density at radius 3 is 2.97 bits per heavy atom. The van der Waals surface area contributed by atoms with Gasteiger partial charge in [-0.15, -0.1) is 11.3 Å². The van der Waals surface area contributed by atoms with Crippen LogP contribution in [0.2, 0.25) is 0 Å². The van der Waals surface area contributed by atoms with E-state index < -0.39 is 0 Å². The van der Waals surface area contributed by atoms with Gasteiger partial charge in [0.05, 0.1) is 12.3 Å². The molecule has 0 aliphatic carbocycles. The van der Waals surface area contributed by atoms with Gasteiger partial charge in [-0.25, -0.2) is 14.6 Å². The Hall–Kier alpha value is -2.29. The van der Waals surface area contributed by atoms with Crippen molar-refractivity contribution in [1.82, 2.24) is 24.6 Å². The van der Waals surface area contributed by atoms with Crippen LogP contribution >= 0.6 is 11.3 Å². The number of likely N-dealkylation sites (tertiary alicyclic amines) is 1. The third-order valence-corrected chi connectivity index (χ3v) is 6.97. The predicted molar refractivity (Wildman–Crippen MR) is 117 cm³/mol. The molecule has 0 amide bonds. The summed E-state index contributed by atoms with van der Waals surface area (Å²) in [5.41, 5.74) is 3.42. The number of hydrogen-bond acceptors (Lipinski definition) is 7. The van der Waals surface area contributed by atoms with Crippen molar-refractivity contribution in [2.24, 2.45) is 0 Å². The number of aliphatic hydroxyl groups excluding tert-OH is 1. The van der Waals surface area contributed by atoms with Gasteiger partial charge in [0.25, 0.3) is 0 Å². The van der Waals surface area contributed by atoms with Crippen molar-refractivity contribution >= 4 is 11.3 Å². The second kappa shape index (κ2) is 8.09.